The minimum Gasteiger partial charge on any atom is -0.380 e. The third kappa shape index (κ3) is 9.35. The summed E-state index contributed by atoms with van der Waals surface area (Å²) in [6, 6.07) is 0. The Labute approximate surface area is 88.2 Å². The molecule has 0 fully saturated rings. The van der Waals surface area contributed by atoms with E-state index in [1.54, 1.807) is 6.08 Å². The Morgan fingerprint density at radius 2 is 2.00 bits per heavy atom. The summed E-state index contributed by atoms with van der Waals surface area (Å²) < 4.78 is 0. The molecule has 1 heteroatoms. The quantitative estimate of drug-likeness (QED) is 0.374. The molecule has 14 heavy (non-hydrogen) atoms. The van der Waals surface area contributed by atoms with Gasteiger partial charge in [0.2, 0.25) is 0 Å². The largest absolute Gasteiger partial charge is 0.380 e. The Morgan fingerprint density at radius 1 is 1.29 bits per heavy atom. The lowest BCUT2D eigenvalue weighted by Crippen LogP contribution is -1.99. The number of hydrogen-bond donors (Lipinski definition) is 1. The van der Waals surface area contributed by atoms with E-state index in [0.29, 0.717) is 6.42 Å². The van der Waals surface area contributed by atoms with E-state index < -0.39 is 6.10 Å². The summed E-state index contributed by atoms with van der Waals surface area (Å²) in [7, 11) is 0. The second kappa shape index (κ2) is 10.3. The van der Waals surface area contributed by atoms with E-state index in [9.17, 15) is 5.11 Å². The van der Waals surface area contributed by atoms with Crippen LogP contribution in [0, 0.1) is 11.8 Å². The van der Waals surface area contributed by atoms with E-state index in [0.717, 1.165) is 12.8 Å². The lowest BCUT2D eigenvalue weighted by atomic mass is 10.1. The van der Waals surface area contributed by atoms with Crippen molar-refractivity contribution in [3.63, 3.8) is 0 Å². The maximum Gasteiger partial charge on any atom is 0.118 e. The molecule has 0 aromatic heterocycles. The van der Waals surface area contributed by atoms with Gasteiger partial charge in [-0.05, 0) is 6.42 Å². The maximum atomic E-state index is 9.25. The predicted molar refractivity (Wildman–Crippen MR) is 62.0 cm³/mol. The van der Waals surface area contributed by atoms with E-state index in [1.807, 2.05) is 0 Å². The highest BCUT2D eigenvalue weighted by molar-refractivity contribution is 5.05. The Bertz CT molecular complexity index is 185. The van der Waals surface area contributed by atoms with Gasteiger partial charge in [0.25, 0.3) is 0 Å². The van der Waals surface area contributed by atoms with Gasteiger partial charge in [0, 0.05) is 12.8 Å². The van der Waals surface area contributed by atoms with E-state index >= 15 is 0 Å². The molecule has 1 nitrogen and oxygen atoms in total. The standard InChI is InChI=1S/C13H22O/c1-3-5-6-7-8-9-10-12-13(14)11-4-2/h4,13-14H,2-3,5-9,11H2,1H3. The summed E-state index contributed by atoms with van der Waals surface area (Å²) >= 11 is 0. The molecule has 0 amide bonds. The van der Waals surface area contributed by atoms with Crippen molar-refractivity contribution < 1.29 is 5.11 Å². The van der Waals surface area contributed by atoms with Crippen LogP contribution < -0.4 is 0 Å². The molecule has 0 saturated carbocycles. The van der Waals surface area contributed by atoms with E-state index in [1.165, 1.54) is 25.7 Å². The van der Waals surface area contributed by atoms with Gasteiger partial charge in [0.15, 0.2) is 0 Å². The fourth-order valence-corrected chi connectivity index (χ4v) is 1.22. The van der Waals surface area contributed by atoms with Gasteiger partial charge in [-0.15, -0.1) is 12.5 Å². The molecule has 0 aliphatic rings. The molecule has 0 radical (unpaired) electrons. The summed E-state index contributed by atoms with van der Waals surface area (Å²) in [6.07, 6.45) is 9.02. The smallest absolute Gasteiger partial charge is 0.118 e. The normalized spacial score (nSPS) is 11.6. The summed E-state index contributed by atoms with van der Waals surface area (Å²) in [5, 5.41) is 9.25. The molecule has 1 unspecified atom stereocenters. The van der Waals surface area contributed by atoms with Gasteiger partial charge in [-0.25, -0.2) is 0 Å². The van der Waals surface area contributed by atoms with Gasteiger partial charge in [0.1, 0.15) is 6.10 Å². The van der Waals surface area contributed by atoms with Gasteiger partial charge >= 0.3 is 0 Å². The Hall–Kier alpha value is -0.740. The Kier molecular flexibility index (Phi) is 9.79. The summed E-state index contributed by atoms with van der Waals surface area (Å²) in [5.74, 6) is 5.81. The fraction of sp³-hybridized carbons (Fsp3) is 0.692. The molecule has 0 spiro atoms. The minimum atomic E-state index is -0.511. The zero-order valence-electron chi connectivity index (χ0n) is 9.26. The van der Waals surface area contributed by atoms with Gasteiger partial charge in [-0.3, -0.25) is 0 Å². The van der Waals surface area contributed by atoms with Crippen molar-refractivity contribution in [1.82, 2.24) is 0 Å². The molecule has 0 rings (SSSR count). The van der Waals surface area contributed by atoms with Crippen molar-refractivity contribution in [2.45, 2.75) is 58.0 Å². The van der Waals surface area contributed by atoms with Crippen LogP contribution in [0.4, 0.5) is 0 Å². The van der Waals surface area contributed by atoms with Crippen LogP contribution >= 0.6 is 0 Å². The van der Waals surface area contributed by atoms with Crippen LogP contribution in [0.1, 0.15) is 51.9 Å². The number of aliphatic hydroxyl groups is 1. The maximum absolute atomic E-state index is 9.25. The third-order valence-electron chi connectivity index (χ3n) is 2.06. The van der Waals surface area contributed by atoms with Gasteiger partial charge in [-0.1, -0.05) is 44.6 Å². The Balaban J connectivity index is 3.28. The van der Waals surface area contributed by atoms with Crippen molar-refractivity contribution in [3.8, 4) is 11.8 Å². The second-order valence-corrected chi connectivity index (χ2v) is 3.53. The van der Waals surface area contributed by atoms with Gasteiger partial charge < -0.3 is 5.11 Å². The van der Waals surface area contributed by atoms with Crippen molar-refractivity contribution in [1.29, 1.82) is 0 Å². The molecular weight excluding hydrogens is 172 g/mol. The summed E-state index contributed by atoms with van der Waals surface area (Å²) in [5.41, 5.74) is 0. The molecule has 0 saturated heterocycles. The molecule has 0 bridgehead atoms. The fourth-order valence-electron chi connectivity index (χ4n) is 1.22. The van der Waals surface area contributed by atoms with Crippen molar-refractivity contribution in [3.05, 3.63) is 12.7 Å². The highest BCUT2D eigenvalue weighted by Crippen LogP contribution is 2.04. The molecule has 0 heterocycles. The van der Waals surface area contributed by atoms with E-state index in [2.05, 4.69) is 25.3 Å². The first-order valence-corrected chi connectivity index (χ1v) is 5.58. The first-order valence-electron chi connectivity index (χ1n) is 5.58. The van der Waals surface area contributed by atoms with E-state index in [-0.39, 0.29) is 0 Å². The molecule has 0 aromatic rings. The average molecular weight is 194 g/mol. The number of hydrogen-bond acceptors (Lipinski definition) is 1. The van der Waals surface area contributed by atoms with Crippen LogP contribution in [0.15, 0.2) is 12.7 Å². The highest BCUT2D eigenvalue weighted by Gasteiger charge is 1.92. The molecule has 1 atom stereocenters. The zero-order chi connectivity index (χ0) is 10.6. The van der Waals surface area contributed by atoms with Crippen molar-refractivity contribution >= 4 is 0 Å². The lowest BCUT2D eigenvalue weighted by molar-refractivity contribution is 0.236. The van der Waals surface area contributed by atoms with Crippen LogP contribution in [0.5, 0.6) is 0 Å². The van der Waals surface area contributed by atoms with E-state index in [4.69, 9.17) is 0 Å². The SMILES string of the molecule is C=CCC(O)C#CCCCCCCC. The molecule has 0 aliphatic carbocycles. The summed E-state index contributed by atoms with van der Waals surface area (Å²) in [6.45, 7) is 5.76. The molecule has 80 valence electrons. The number of aliphatic hydroxyl groups excluding tert-OH is 1. The van der Waals surface area contributed by atoms with Crippen LogP contribution in [-0.2, 0) is 0 Å². The van der Waals surface area contributed by atoms with Crippen molar-refractivity contribution in [2.24, 2.45) is 0 Å². The highest BCUT2D eigenvalue weighted by atomic mass is 16.3. The minimum absolute atomic E-state index is 0.511. The van der Waals surface area contributed by atoms with Crippen LogP contribution in [0.2, 0.25) is 0 Å². The molecular formula is C13H22O. The lowest BCUT2D eigenvalue weighted by Gasteiger charge is -1.96. The third-order valence-corrected chi connectivity index (χ3v) is 2.06. The van der Waals surface area contributed by atoms with Gasteiger partial charge in [-0.2, -0.15) is 0 Å². The number of unbranched alkanes of at least 4 members (excludes halogenated alkanes) is 5. The first-order chi connectivity index (χ1) is 6.81. The number of rotatable bonds is 7. The monoisotopic (exact) mass is 194 g/mol. The second-order valence-electron chi connectivity index (χ2n) is 3.53. The molecule has 1 N–H and O–H groups in total. The average Bonchev–Trinajstić information content (AvgIpc) is 2.17. The van der Waals surface area contributed by atoms with Crippen LogP contribution in [0.3, 0.4) is 0 Å². The molecule has 0 aromatic carbocycles. The van der Waals surface area contributed by atoms with Crippen LogP contribution in [0.25, 0.3) is 0 Å². The summed E-state index contributed by atoms with van der Waals surface area (Å²) in [4.78, 5) is 0. The zero-order valence-corrected chi connectivity index (χ0v) is 9.26. The predicted octanol–water partition coefficient (Wildman–Crippen LogP) is 3.29. The first kappa shape index (κ1) is 13.3. The van der Waals surface area contributed by atoms with Crippen LogP contribution in [-0.4, -0.2) is 11.2 Å². The molecule has 0 aliphatic heterocycles. The van der Waals surface area contributed by atoms with Gasteiger partial charge in [0.05, 0.1) is 0 Å². The Morgan fingerprint density at radius 3 is 2.64 bits per heavy atom. The van der Waals surface area contributed by atoms with Crippen molar-refractivity contribution in [2.75, 3.05) is 0 Å². The topological polar surface area (TPSA) is 20.2 Å².